The molecule has 1 heterocycles. The van der Waals surface area contributed by atoms with E-state index in [9.17, 15) is 0 Å². The van der Waals surface area contributed by atoms with Gasteiger partial charge in [0.1, 0.15) is 0 Å². The van der Waals surface area contributed by atoms with Crippen molar-refractivity contribution in [2.45, 2.75) is 58.5 Å². The Bertz CT molecular complexity index is 425. The molecule has 0 spiro atoms. The lowest BCUT2D eigenvalue weighted by Crippen LogP contribution is -2.40. The highest BCUT2D eigenvalue weighted by atomic mass is 15.2. The van der Waals surface area contributed by atoms with Crippen molar-refractivity contribution in [2.75, 3.05) is 19.6 Å². The summed E-state index contributed by atoms with van der Waals surface area (Å²) in [4.78, 5) is 2.66. The number of nitrogens with one attached hydrogen (secondary N) is 1. The van der Waals surface area contributed by atoms with Gasteiger partial charge in [-0.05, 0) is 64.3 Å². The molecule has 0 saturated carbocycles. The quantitative estimate of drug-likeness (QED) is 0.846. The van der Waals surface area contributed by atoms with Gasteiger partial charge in [-0.2, -0.15) is 0 Å². The van der Waals surface area contributed by atoms with Crippen molar-refractivity contribution in [3.8, 4) is 0 Å². The van der Waals surface area contributed by atoms with E-state index in [4.69, 9.17) is 0 Å². The zero-order valence-electron chi connectivity index (χ0n) is 13.6. The second-order valence-electron chi connectivity index (χ2n) is 6.66. The monoisotopic (exact) mass is 274 g/mol. The molecule has 0 aromatic heterocycles. The lowest BCUT2D eigenvalue weighted by molar-refractivity contribution is 0.166. The average molecular weight is 274 g/mol. The van der Waals surface area contributed by atoms with Crippen LogP contribution >= 0.6 is 0 Å². The summed E-state index contributed by atoms with van der Waals surface area (Å²) in [6, 6.07) is 9.27. The van der Waals surface area contributed by atoms with Crippen LogP contribution in [0, 0.1) is 6.92 Å². The lowest BCUT2D eigenvalue weighted by atomic mass is 9.97. The van der Waals surface area contributed by atoms with Crippen LogP contribution in [0.1, 0.15) is 57.2 Å². The van der Waals surface area contributed by atoms with Gasteiger partial charge in [-0.3, -0.25) is 4.90 Å². The first-order chi connectivity index (χ1) is 9.54. The third-order valence-electron chi connectivity index (χ3n) is 4.77. The van der Waals surface area contributed by atoms with Gasteiger partial charge >= 0.3 is 0 Å². The molecule has 2 heteroatoms. The van der Waals surface area contributed by atoms with Gasteiger partial charge in [0.15, 0.2) is 0 Å². The van der Waals surface area contributed by atoms with Crippen LogP contribution < -0.4 is 5.32 Å². The van der Waals surface area contributed by atoms with Gasteiger partial charge < -0.3 is 5.32 Å². The Hall–Kier alpha value is -0.860. The SMILES string of the molecule is CCNC(CCN1CCCC1(C)C)c1ccccc1C. The first-order valence-electron chi connectivity index (χ1n) is 8.08. The topological polar surface area (TPSA) is 15.3 Å². The van der Waals surface area contributed by atoms with Crippen LogP contribution in [0.2, 0.25) is 0 Å². The van der Waals surface area contributed by atoms with Crippen LogP contribution in [0.15, 0.2) is 24.3 Å². The number of rotatable bonds is 6. The van der Waals surface area contributed by atoms with Gasteiger partial charge in [-0.1, -0.05) is 31.2 Å². The predicted octanol–water partition coefficient (Wildman–Crippen LogP) is 3.91. The molecule has 20 heavy (non-hydrogen) atoms. The molecular formula is C18H30N2. The summed E-state index contributed by atoms with van der Waals surface area (Å²) in [5.74, 6) is 0. The molecule has 1 aromatic carbocycles. The van der Waals surface area contributed by atoms with Gasteiger partial charge in [-0.15, -0.1) is 0 Å². The van der Waals surface area contributed by atoms with Crippen molar-refractivity contribution >= 4 is 0 Å². The van der Waals surface area contributed by atoms with E-state index in [1.54, 1.807) is 0 Å². The average Bonchev–Trinajstić information content (AvgIpc) is 2.74. The fourth-order valence-electron chi connectivity index (χ4n) is 3.45. The molecule has 1 N–H and O–H groups in total. The molecule has 1 unspecified atom stereocenters. The van der Waals surface area contributed by atoms with E-state index in [-0.39, 0.29) is 0 Å². The third-order valence-corrected chi connectivity index (χ3v) is 4.77. The highest BCUT2D eigenvalue weighted by molar-refractivity contribution is 5.28. The van der Waals surface area contributed by atoms with Crippen LogP contribution in [0.25, 0.3) is 0 Å². The van der Waals surface area contributed by atoms with Gasteiger partial charge in [0.2, 0.25) is 0 Å². The van der Waals surface area contributed by atoms with Crippen LogP contribution in [0.4, 0.5) is 0 Å². The smallest absolute Gasteiger partial charge is 0.0334 e. The van der Waals surface area contributed by atoms with Gasteiger partial charge in [0.25, 0.3) is 0 Å². The zero-order chi connectivity index (χ0) is 14.6. The normalized spacial score (nSPS) is 20.2. The summed E-state index contributed by atoms with van der Waals surface area (Å²) in [5.41, 5.74) is 3.26. The zero-order valence-corrected chi connectivity index (χ0v) is 13.6. The van der Waals surface area contributed by atoms with Gasteiger partial charge in [-0.25, -0.2) is 0 Å². The number of hydrogen-bond donors (Lipinski definition) is 1. The summed E-state index contributed by atoms with van der Waals surface area (Å²) in [6.45, 7) is 12.7. The van der Waals surface area contributed by atoms with Crippen molar-refractivity contribution in [1.29, 1.82) is 0 Å². The largest absolute Gasteiger partial charge is 0.310 e. The summed E-state index contributed by atoms with van der Waals surface area (Å²) >= 11 is 0. The van der Waals surface area contributed by atoms with Crippen LogP contribution in [-0.2, 0) is 0 Å². The minimum absolute atomic E-state index is 0.391. The summed E-state index contributed by atoms with van der Waals surface area (Å²) in [7, 11) is 0. The Morgan fingerprint density at radius 1 is 1.30 bits per heavy atom. The molecule has 1 saturated heterocycles. The van der Waals surface area contributed by atoms with E-state index in [2.05, 4.69) is 62.2 Å². The van der Waals surface area contributed by atoms with Crippen LogP contribution in [0.3, 0.4) is 0 Å². The summed E-state index contributed by atoms with van der Waals surface area (Å²) in [6.07, 6.45) is 3.88. The van der Waals surface area contributed by atoms with Crippen LogP contribution in [0.5, 0.6) is 0 Å². The lowest BCUT2D eigenvalue weighted by Gasteiger charge is -2.33. The maximum absolute atomic E-state index is 3.66. The number of nitrogens with zero attached hydrogens (tertiary/aromatic N) is 1. The van der Waals surface area contributed by atoms with Crippen molar-refractivity contribution < 1.29 is 0 Å². The molecule has 0 amide bonds. The Morgan fingerprint density at radius 3 is 2.65 bits per heavy atom. The fraction of sp³-hybridized carbons (Fsp3) is 0.667. The molecule has 1 aliphatic heterocycles. The highest BCUT2D eigenvalue weighted by Gasteiger charge is 2.31. The maximum Gasteiger partial charge on any atom is 0.0334 e. The maximum atomic E-state index is 3.66. The minimum Gasteiger partial charge on any atom is -0.310 e. The molecule has 0 radical (unpaired) electrons. The minimum atomic E-state index is 0.391. The molecule has 1 fully saturated rings. The molecule has 2 rings (SSSR count). The molecule has 1 atom stereocenters. The van der Waals surface area contributed by atoms with Gasteiger partial charge in [0.05, 0.1) is 0 Å². The summed E-state index contributed by atoms with van der Waals surface area (Å²) < 4.78 is 0. The Kier molecular flexibility index (Phi) is 5.22. The third kappa shape index (κ3) is 3.62. The second-order valence-corrected chi connectivity index (χ2v) is 6.66. The van der Waals surface area contributed by atoms with Crippen molar-refractivity contribution in [3.05, 3.63) is 35.4 Å². The molecular weight excluding hydrogens is 244 g/mol. The van der Waals surface area contributed by atoms with E-state index in [0.29, 0.717) is 11.6 Å². The standard InChI is InChI=1S/C18H30N2/c1-5-19-17(16-10-7-6-9-15(16)2)11-14-20-13-8-12-18(20,3)4/h6-7,9-10,17,19H,5,8,11-14H2,1-4H3. The number of benzene rings is 1. The highest BCUT2D eigenvalue weighted by Crippen LogP contribution is 2.30. The molecule has 0 aliphatic carbocycles. The van der Waals surface area contributed by atoms with Crippen molar-refractivity contribution in [2.24, 2.45) is 0 Å². The van der Waals surface area contributed by atoms with E-state index in [0.717, 1.165) is 6.54 Å². The van der Waals surface area contributed by atoms with E-state index in [1.807, 2.05) is 0 Å². The number of hydrogen-bond acceptors (Lipinski definition) is 2. The molecule has 0 bridgehead atoms. The van der Waals surface area contributed by atoms with E-state index < -0.39 is 0 Å². The molecule has 112 valence electrons. The number of likely N-dealkylation sites (tertiary alicyclic amines) is 1. The van der Waals surface area contributed by atoms with E-state index in [1.165, 1.54) is 43.5 Å². The van der Waals surface area contributed by atoms with Crippen LogP contribution in [-0.4, -0.2) is 30.1 Å². The molecule has 2 nitrogen and oxygen atoms in total. The van der Waals surface area contributed by atoms with E-state index >= 15 is 0 Å². The van der Waals surface area contributed by atoms with Crippen molar-refractivity contribution in [1.82, 2.24) is 10.2 Å². The fourth-order valence-corrected chi connectivity index (χ4v) is 3.45. The van der Waals surface area contributed by atoms with Crippen molar-refractivity contribution in [3.63, 3.8) is 0 Å². The second kappa shape index (κ2) is 6.73. The Morgan fingerprint density at radius 2 is 2.05 bits per heavy atom. The molecule has 1 aliphatic rings. The van der Waals surface area contributed by atoms with Gasteiger partial charge in [0, 0.05) is 18.1 Å². The molecule has 1 aromatic rings. The summed E-state index contributed by atoms with van der Waals surface area (Å²) in [5, 5.41) is 3.66. The Labute approximate surface area is 124 Å². The number of aryl methyl sites for hydroxylation is 1. The first-order valence-corrected chi connectivity index (χ1v) is 8.08. The first kappa shape index (κ1) is 15.5. The Balaban J connectivity index is 2.01. The predicted molar refractivity (Wildman–Crippen MR) is 87.1 cm³/mol.